The van der Waals surface area contributed by atoms with E-state index in [-0.39, 0.29) is 30.7 Å². The lowest BCUT2D eigenvalue weighted by Crippen LogP contribution is -2.39. The molecule has 0 bridgehead atoms. The van der Waals surface area contributed by atoms with Gasteiger partial charge in [0.25, 0.3) is 0 Å². The minimum absolute atomic E-state index is 0. The molecule has 0 aliphatic carbocycles. The molecule has 148 valence electrons. The van der Waals surface area contributed by atoms with Gasteiger partial charge in [-0.2, -0.15) is 23.5 Å². The Morgan fingerprint density at radius 3 is 2.65 bits per heavy atom. The Morgan fingerprint density at radius 2 is 2.00 bits per heavy atom. The van der Waals surface area contributed by atoms with Crippen molar-refractivity contribution in [1.29, 1.82) is 0 Å². The van der Waals surface area contributed by atoms with Gasteiger partial charge in [-0.05, 0) is 24.1 Å². The zero-order chi connectivity index (χ0) is 16.8. The second-order valence-corrected chi connectivity index (χ2v) is 8.89. The van der Waals surface area contributed by atoms with E-state index in [0.29, 0.717) is 12.5 Å². The number of carbonyl (C=O) groups excluding carboxylic acids is 1. The van der Waals surface area contributed by atoms with Crippen LogP contribution in [0.25, 0.3) is 0 Å². The molecule has 2 aliphatic heterocycles. The average molecular weight is 438 g/mol. The van der Waals surface area contributed by atoms with Crippen molar-refractivity contribution in [2.75, 3.05) is 48.0 Å². The van der Waals surface area contributed by atoms with Gasteiger partial charge < -0.3 is 10.6 Å². The molecule has 1 amide bonds. The van der Waals surface area contributed by atoms with Crippen LogP contribution in [0.4, 0.5) is 5.69 Å². The Labute approximate surface area is 177 Å². The summed E-state index contributed by atoms with van der Waals surface area (Å²) in [5, 5.41) is 6.50. The van der Waals surface area contributed by atoms with E-state index in [2.05, 4.69) is 40.7 Å². The van der Waals surface area contributed by atoms with E-state index in [9.17, 15) is 4.79 Å². The van der Waals surface area contributed by atoms with Crippen molar-refractivity contribution in [3.63, 3.8) is 0 Å². The molecule has 4 nitrogen and oxygen atoms in total. The molecule has 3 rings (SSSR count). The van der Waals surface area contributed by atoms with Crippen molar-refractivity contribution in [1.82, 2.24) is 10.2 Å². The number of benzene rings is 1. The summed E-state index contributed by atoms with van der Waals surface area (Å²) < 4.78 is 0. The second kappa shape index (κ2) is 12.4. The minimum Gasteiger partial charge on any atom is -0.326 e. The standard InChI is InChI=1S/C18H27N3OS2.2ClH/c1-14-10-15(12-21-5-8-23-9-6-21)2-3-17(14)20-18(22)11-16-13-24-7-4-19-16;;/h2-3,10,16,19H,4-9,11-13H2,1H3,(H,20,22);2*1H. The molecular formula is C18H29Cl2N3OS2. The first kappa shape index (κ1) is 23.9. The molecule has 2 aliphatic rings. The van der Waals surface area contributed by atoms with Crippen LogP contribution in [0.1, 0.15) is 17.5 Å². The van der Waals surface area contributed by atoms with Crippen LogP contribution >= 0.6 is 48.3 Å². The first-order chi connectivity index (χ1) is 11.7. The molecule has 1 aromatic carbocycles. The van der Waals surface area contributed by atoms with Crippen LogP contribution in [0.3, 0.4) is 0 Å². The van der Waals surface area contributed by atoms with Crippen molar-refractivity contribution in [2.24, 2.45) is 0 Å². The van der Waals surface area contributed by atoms with Crippen LogP contribution in [-0.2, 0) is 11.3 Å². The minimum atomic E-state index is 0. The maximum atomic E-state index is 12.3. The SMILES string of the molecule is Cc1cc(CN2CCSCC2)ccc1NC(=O)CC1CSCCN1.Cl.Cl. The van der Waals surface area contributed by atoms with Crippen molar-refractivity contribution >= 4 is 59.9 Å². The fraction of sp³-hybridized carbons (Fsp3) is 0.611. The van der Waals surface area contributed by atoms with E-state index in [1.807, 2.05) is 23.5 Å². The molecular weight excluding hydrogens is 409 g/mol. The topological polar surface area (TPSA) is 44.4 Å². The van der Waals surface area contributed by atoms with Gasteiger partial charge in [0, 0.05) is 67.3 Å². The van der Waals surface area contributed by atoms with Gasteiger partial charge in [0.2, 0.25) is 5.91 Å². The van der Waals surface area contributed by atoms with Crippen LogP contribution in [0, 0.1) is 6.92 Å². The summed E-state index contributed by atoms with van der Waals surface area (Å²) in [6, 6.07) is 6.73. The third kappa shape index (κ3) is 7.49. The molecule has 0 saturated carbocycles. The van der Waals surface area contributed by atoms with Crippen molar-refractivity contribution < 1.29 is 4.79 Å². The number of hydrogen-bond acceptors (Lipinski definition) is 5. The maximum absolute atomic E-state index is 12.3. The highest BCUT2D eigenvalue weighted by molar-refractivity contribution is 7.99. The zero-order valence-electron chi connectivity index (χ0n) is 15.2. The van der Waals surface area contributed by atoms with E-state index < -0.39 is 0 Å². The molecule has 8 heteroatoms. The highest BCUT2D eigenvalue weighted by Gasteiger charge is 2.17. The molecule has 0 aromatic heterocycles. The van der Waals surface area contributed by atoms with E-state index in [1.165, 1.54) is 30.2 Å². The molecule has 1 unspecified atom stereocenters. The second-order valence-electron chi connectivity index (χ2n) is 6.52. The van der Waals surface area contributed by atoms with E-state index >= 15 is 0 Å². The normalized spacial score (nSPS) is 20.6. The van der Waals surface area contributed by atoms with Crippen LogP contribution in [0.15, 0.2) is 18.2 Å². The number of aryl methyl sites for hydroxylation is 1. The van der Waals surface area contributed by atoms with Gasteiger partial charge in [0.05, 0.1) is 0 Å². The number of hydrogen-bond donors (Lipinski definition) is 2. The van der Waals surface area contributed by atoms with E-state index in [1.54, 1.807) is 0 Å². The first-order valence-corrected chi connectivity index (χ1v) is 11.0. The van der Waals surface area contributed by atoms with Gasteiger partial charge in [-0.25, -0.2) is 0 Å². The number of thioether (sulfide) groups is 2. The van der Waals surface area contributed by atoms with Gasteiger partial charge in [-0.15, -0.1) is 24.8 Å². The highest BCUT2D eigenvalue weighted by atomic mass is 35.5. The third-order valence-corrected chi connectivity index (χ3v) is 6.58. The van der Waals surface area contributed by atoms with Gasteiger partial charge in [0.15, 0.2) is 0 Å². The Balaban J connectivity index is 0.00000169. The molecule has 2 saturated heterocycles. The average Bonchev–Trinajstić information content (AvgIpc) is 2.59. The van der Waals surface area contributed by atoms with Crippen molar-refractivity contribution in [2.45, 2.75) is 25.9 Å². The zero-order valence-corrected chi connectivity index (χ0v) is 18.4. The number of anilines is 1. The maximum Gasteiger partial charge on any atom is 0.225 e. The Bertz CT molecular complexity index is 565. The van der Waals surface area contributed by atoms with Crippen LogP contribution in [-0.4, -0.2) is 59.5 Å². The lowest BCUT2D eigenvalue weighted by Gasteiger charge is -2.26. The van der Waals surface area contributed by atoms with Crippen molar-refractivity contribution in [3.05, 3.63) is 29.3 Å². The molecule has 2 fully saturated rings. The molecule has 0 spiro atoms. The quantitative estimate of drug-likeness (QED) is 0.738. The van der Waals surface area contributed by atoms with E-state index in [0.717, 1.165) is 35.8 Å². The monoisotopic (exact) mass is 437 g/mol. The highest BCUT2D eigenvalue weighted by Crippen LogP contribution is 2.20. The molecule has 26 heavy (non-hydrogen) atoms. The molecule has 1 atom stereocenters. The number of nitrogens with one attached hydrogen (secondary N) is 2. The van der Waals surface area contributed by atoms with Crippen LogP contribution in [0.2, 0.25) is 0 Å². The Morgan fingerprint density at radius 1 is 1.23 bits per heavy atom. The third-order valence-electron chi connectivity index (χ3n) is 4.51. The molecule has 2 N–H and O–H groups in total. The molecule has 1 aromatic rings. The lowest BCUT2D eigenvalue weighted by molar-refractivity contribution is -0.116. The summed E-state index contributed by atoms with van der Waals surface area (Å²) in [5.41, 5.74) is 3.43. The van der Waals surface area contributed by atoms with Crippen LogP contribution in [0.5, 0.6) is 0 Å². The number of carbonyl (C=O) groups is 1. The number of halogens is 2. The summed E-state index contributed by atoms with van der Waals surface area (Å²) in [4.78, 5) is 14.8. The fourth-order valence-electron chi connectivity index (χ4n) is 3.16. The predicted octanol–water partition coefficient (Wildman–Crippen LogP) is 3.42. The summed E-state index contributed by atoms with van der Waals surface area (Å²) in [5.74, 6) is 4.76. The van der Waals surface area contributed by atoms with Gasteiger partial charge in [0.1, 0.15) is 0 Å². The van der Waals surface area contributed by atoms with Crippen molar-refractivity contribution in [3.8, 4) is 0 Å². The fourth-order valence-corrected chi connectivity index (χ4v) is 5.09. The lowest BCUT2D eigenvalue weighted by atomic mass is 10.1. The number of amides is 1. The summed E-state index contributed by atoms with van der Waals surface area (Å²) >= 11 is 3.96. The summed E-state index contributed by atoms with van der Waals surface area (Å²) in [6.45, 7) is 6.45. The molecule has 2 heterocycles. The predicted molar refractivity (Wildman–Crippen MR) is 121 cm³/mol. The molecule has 0 radical (unpaired) electrons. The van der Waals surface area contributed by atoms with Gasteiger partial charge in [-0.1, -0.05) is 12.1 Å². The van der Waals surface area contributed by atoms with E-state index in [4.69, 9.17) is 0 Å². The van der Waals surface area contributed by atoms with Gasteiger partial charge >= 0.3 is 0 Å². The summed E-state index contributed by atoms with van der Waals surface area (Å²) in [7, 11) is 0. The Kier molecular flexibility index (Phi) is 11.4. The smallest absolute Gasteiger partial charge is 0.225 e. The Hall–Kier alpha value is -0.110. The number of nitrogens with zero attached hydrogens (tertiary/aromatic N) is 1. The number of rotatable bonds is 5. The largest absolute Gasteiger partial charge is 0.326 e. The summed E-state index contributed by atoms with van der Waals surface area (Å²) in [6.07, 6.45) is 0.555. The first-order valence-electron chi connectivity index (χ1n) is 8.71. The van der Waals surface area contributed by atoms with Gasteiger partial charge in [-0.3, -0.25) is 9.69 Å². The van der Waals surface area contributed by atoms with Crippen LogP contribution < -0.4 is 10.6 Å².